The fraction of sp³-hybridized carbons (Fsp3) is 0.219. The molecule has 2 atom stereocenters. The van der Waals surface area contributed by atoms with Gasteiger partial charge in [-0.1, -0.05) is 18.2 Å². The average Bonchev–Trinajstić information content (AvgIpc) is 3.71. The van der Waals surface area contributed by atoms with Crippen LogP contribution in [-0.2, 0) is 4.74 Å². The first kappa shape index (κ1) is 28.0. The van der Waals surface area contributed by atoms with Crippen molar-refractivity contribution in [2.75, 3.05) is 30.9 Å². The lowest BCUT2D eigenvalue weighted by Crippen LogP contribution is -2.19. The van der Waals surface area contributed by atoms with Gasteiger partial charge in [-0.2, -0.15) is 0 Å². The number of H-pyrrole nitrogens is 1. The van der Waals surface area contributed by atoms with Gasteiger partial charge in [0.15, 0.2) is 11.6 Å². The number of benzene rings is 3. The zero-order chi connectivity index (χ0) is 29.9. The summed E-state index contributed by atoms with van der Waals surface area (Å²) in [4.78, 5) is 24.2. The molecule has 1 aliphatic rings. The Morgan fingerprint density at radius 2 is 2.05 bits per heavy atom. The summed E-state index contributed by atoms with van der Waals surface area (Å²) in [5.74, 6) is 0.190. The van der Waals surface area contributed by atoms with Gasteiger partial charge in [0.1, 0.15) is 29.5 Å². The van der Waals surface area contributed by atoms with Crippen LogP contribution < -0.4 is 26.3 Å². The summed E-state index contributed by atoms with van der Waals surface area (Å²) in [5, 5.41) is 5.09. The van der Waals surface area contributed by atoms with E-state index >= 15 is 4.39 Å². The first-order valence-corrected chi connectivity index (χ1v) is 14.0. The number of carbonyl (C=O) groups is 1. The van der Waals surface area contributed by atoms with Crippen molar-refractivity contribution in [2.24, 2.45) is 5.73 Å². The Bertz CT molecular complexity index is 1790. The molecular formula is C32H31FN6O4. The number of primary amides is 1. The Labute approximate surface area is 247 Å². The van der Waals surface area contributed by atoms with Gasteiger partial charge in [0.25, 0.3) is 0 Å². The van der Waals surface area contributed by atoms with Gasteiger partial charge >= 0.3 is 0 Å². The molecule has 10 nitrogen and oxygen atoms in total. The second-order valence-electron chi connectivity index (χ2n) is 10.2. The number of amides is 1. The molecule has 0 radical (unpaired) electrons. The number of hydrogen-bond donors (Lipinski definition) is 4. The van der Waals surface area contributed by atoms with Gasteiger partial charge in [0.2, 0.25) is 5.91 Å². The molecule has 11 heteroatoms. The van der Waals surface area contributed by atoms with E-state index in [-0.39, 0.29) is 17.4 Å². The van der Waals surface area contributed by atoms with E-state index in [4.69, 9.17) is 25.7 Å². The predicted octanol–water partition coefficient (Wildman–Crippen LogP) is 5.21. The number of fused-ring (bicyclic) bond motifs is 1. The van der Waals surface area contributed by atoms with E-state index in [0.717, 1.165) is 10.8 Å². The zero-order valence-corrected chi connectivity index (χ0v) is 23.5. The average molecular weight is 583 g/mol. The van der Waals surface area contributed by atoms with Gasteiger partial charge in [-0.25, -0.2) is 14.4 Å². The van der Waals surface area contributed by atoms with Gasteiger partial charge in [-0.05, 0) is 48.7 Å². The molecule has 1 amide bonds. The third kappa shape index (κ3) is 5.80. The Kier molecular flexibility index (Phi) is 7.80. The van der Waals surface area contributed by atoms with Crippen LogP contribution in [0.1, 0.15) is 41.1 Å². The first-order valence-electron chi connectivity index (χ1n) is 14.0. The topological polar surface area (TPSA) is 150 Å². The molecule has 1 fully saturated rings. The molecular weight excluding hydrogens is 551 g/mol. The number of pyridine rings is 1. The summed E-state index contributed by atoms with van der Waals surface area (Å²) in [5.41, 5.74) is 14.1. The third-order valence-corrected chi connectivity index (χ3v) is 7.30. The quantitative estimate of drug-likeness (QED) is 0.175. The van der Waals surface area contributed by atoms with Crippen molar-refractivity contribution in [1.29, 1.82) is 0 Å². The largest absolute Gasteiger partial charge is 0.494 e. The molecule has 1 saturated heterocycles. The van der Waals surface area contributed by atoms with Crippen molar-refractivity contribution >= 4 is 28.2 Å². The standard InChI is InChI=1S/C32H31FN6O4/c1-2-42-21-14-25(28(33)27(15-21)43-20-10-12-41-17-20)29(38-19-7-8-22-18(13-19)9-11-36-30(22)34)32-37-16-26(39-32)23-5-3-4-6-24(23)31(35)40/h3-9,11,13-16,20,29,38H,2,10,12,17H2,1H3,(H2,34,36)(H2,35,40)(H,37,39)/t20-,29?/m0/s1. The van der Waals surface area contributed by atoms with Gasteiger partial charge in [0, 0.05) is 46.4 Å². The Morgan fingerprint density at radius 1 is 1.19 bits per heavy atom. The van der Waals surface area contributed by atoms with Gasteiger partial charge in [-0.3, -0.25) is 4.79 Å². The maximum absolute atomic E-state index is 16.4. The van der Waals surface area contributed by atoms with Crippen LogP contribution >= 0.6 is 0 Å². The minimum Gasteiger partial charge on any atom is -0.494 e. The normalized spacial score (nSPS) is 15.3. The highest BCUT2D eigenvalue weighted by atomic mass is 19.1. The molecule has 0 spiro atoms. The Balaban J connectivity index is 1.47. The van der Waals surface area contributed by atoms with E-state index < -0.39 is 17.8 Å². The maximum atomic E-state index is 16.4. The number of nitrogens with two attached hydrogens (primary N) is 2. The summed E-state index contributed by atoms with van der Waals surface area (Å²) < 4.78 is 33.7. The summed E-state index contributed by atoms with van der Waals surface area (Å²) in [7, 11) is 0. The number of nitrogen functional groups attached to an aromatic ring is 1. The minimum atomic E-state index is -0.825. The summed E-state index contributed by atoms with van der Waals surface area (Å²) >= 11 is 0. The van der Waals surface area contributed by atoms with E-state index in [9.17, 15) is 4.79 Å². The Hall–Kier alpha value is -5.16. The van der Waals surface area contributed by atoms with Crippen molar-refractivity contribution in [1.82, 2.24) is 15.0 Å². The van der Waals surface area contributed by atoms with E-state index in [1.165, 1.54) is 0 Å². The molecule has 6 rings (SSSR count). The van der Waals surface area contributed by atoms with Crippen LogP contribution in [0.15, 0.2) is 73.1 Å². The maximum Gasteiger partial charge on any atom is 0.249 e. The summed E-state index contributed by atoms with van der Waals surface area (Å²) in [6.07, 6.45) is 3.61. The number of aromatic nitrogens is 3. The van der Waals surface area contributed by atoms with E-state index in [0.29, 0.717) is 66.1 Å². The smallest absolute Gasteiger partial charge is 0.249 e. The highest BCUT2D eigenvalue weighted by Crippen LogP contribution is 2.37. The molecule has 43 heavy (non-hydrogen) atoms. The highest BCUT2D eigenvalue weighted by Gasteiger charge is 2.28. The second kappa shape index (κ2) is 12.0. The van der Waals surface area contributed by atoms with Crippen molar-refractivity contribution in [3.05, 3.63) is 95.8 Å². The van der Waals surface area contributed by atoms with Gasteiger partial charge < -0.3 is 36.0 Å². The minimum absolute atomic E-state index is 0.0615. The monoisotopic (exact) mass is 582 g/mol. The number of nitrogens with zero attached hydrogens (tertiary/aromatic N) is 2. The molecule has 220 valence electrons. The number of halogens is 1. The molecule has 5 aromatic rings. The lowest BCUT2D eigenvalue weighted by molar-refractivity contribution is 0.100. The Morgan fingerprint density at radius 3 is 2.84 bits per heavy atom. The number of rotatable bonds is 10. The first-order chi connectivity index (χ1) is 20.9. The highest BCUT2D eigenvalue weighted by molar-refractivity contribution is 5.99. The van der Waals surface area contributed by atoms with Gasteiger partial charge in [0.05, 0.1) is 31.7 Å². The van der Waals surface area contributed by atoms with Crippen LogP contribution in [-0.4, -0.2) is 46.8 Å². The van der Waals surface area contributed by atoms with Crippen LogP contribution in [0.3, 0.4) is 0 Å². The summed E-state index contributed by atoms with van der Waals surface area (Å²) in [6.45, 7) is 3.17. The lowest BCUT2D eigenvalue weighted by Gasteiger charge is -2.23. The number of imidazole rings is 1. The van der Waals surface area contributed by atoms with Crippen molar-refractivity contribution in [3.8, 4) is 22.8 Å². The second-order valence-corrected chi connectivity index (χ2v) is 10.2. The van der Waals surface area contributed by atoms with Crippen molar-refractivity contribution in [3.63, 3.8) is 0 Å². The van der Waals surface area contributed by atoms with Crippen molar-refractivity contribution < 1.29 is 23.4 Å². The number of ether oxygens (including phenoxy) is 3. The molecule has 2 aromatic heterocycles. The molecule has 1 unspecified atom stereocenters. The van der Waals surface area contributed by atoms with Crippen LogP contribution in [0.25, 0.3) is 22.0 Å². The lowest BCUT2D eigenvalue weighted by atomic mass is 10.0. The molecule has 0 bridgehead atoms. The van der Waals surface area contributed by atoms with E-state index in [1.807, 2.05) is 31.2 Å². The third-order valence-electron chi connectivity index (χ3n) is 7.30. The fourth-order valence-corrected chi connectivity index (χ4v) is 5.23. The summed E-state index contributed by atoms with van der Waals surface area (Å²) in [6, 6.07) is 16.8. The number of aromatic amines is 1. The SMILES string of the molecule is CCOc1cc(O[C@H]2CCOC2)c(F)c(C(Nc2ccc3c(N)nccc3c2)c2ncc(-c3ccccc3C(N)=O)[nH]2)c1. The van der Waals surface area contributed by atoms with Crippen LogP contribution in [0.2, 0.25) is 0 Å². The van der Waals surface area contributed by atoms with Crippen LogP contribution in [0.4, 0.5) is 15.9 Å². The fourth-order valence-electron chi connectivity index (χ4n) is 5.23. The molecule has 1 aliphatic heterocycles. The molecule has 0 saturated carbocycles. The molecule has 6 N–H and O–H groups in total. The zero-order valence-electron chi connectivity index (χ0n) is 23.5. The van der Waals surface area contributed by atoms with Gasteiger partial charge in [-0.15, -0.1) is 0 Å². The van der Waals surface area contributed by atoms with E-state index in [1.54, 1.807) is 48.8 Å². The molecule has 3 aromatic carbocycles. The van der Waals surface area contributed by atoms with Crippen LogP contribution in [0.5, 0.6) is 11.5 Å². The molecule has 0 aliphatic carbocycles. The number of anilines is 2. The number of hydrogen-bond acceptors (Lipinski definition) is 8. The van der Waals surface area contributed by atoms with E-state index in [2.05, 4.69) is 20.3 Å². The number of carbonyl (C=O) groups excluding carboxylic acids is 1. The predicted molar refractivity (Wildman–Crippen MR) is 162 cm³/mol. The number of nitrogens with one attached hydrogen (secondary N) is 2. The van der Waals surface area contributed by atoms with Crippen LogP contribution in [0, 0.1) is 5.82 Å². The molecule has 3 heterocycles. The van der Waals surface area contributed by atoms with Crippen molar-refractivity contribution in [2.45, 2.75) is 25.5 Å².